The molecule has 0 fully saturated rings. The van der Waals surface area contributed by atoms with Gasteiger partial charge in [-0.25, -0.2) is 0 Å². The number of rotatable bonds is 4. The molecule has 0 bridgehead atoms. The van der Waals surface area contributed by atoms with Crippen LogP contribution in [0, 0.1) is 5.41 Å². The van der Waals surface area contributed by atoms with E-state index in [1.165, 1.54) is 11.8 Å². The normalized spacial score (nSPS) is 9.79. The first-order valence-corrected chi connectivity index (χ1v) is 5.39. The molecule has 0 atom stereocenters. The van der Waals surface area contributed by atoms with Gasteiger partial charge in [0, 0.05) is 5.75 Å². The molecule has 0 saturated carbocycles. The minimum absolute atomic E-state index is 0.152. The summed E-state index contributed by atoms with van der Waals surface area (Å²) in [4.78, 5) is 0. The maximum Gasteiger partial charge on any atom is 0.151 e. The largest absolute Gasteiger partial charge is 0.494 e. The molecular formula is C10H14N2OS. The number of hydrogen-bond donors (Lipinski definition) is 2. The first kappa shape index (κ1) is 10.9. The number of ether oxygens (including phenoxy) is 1. The van der Waals surface area contributed by atoms with Gasteiger partial charge in [-0.3, -0.25) is 5.41 Å². The Balaban J connectivity index is 2.50. The highest BCUT2D eigenvalue weighted by Crippen LogP contribution is 2.16. The van der Waals surface area contributed by atoms with Crippen LogP contribution in [-0.4, -0.2) is 11.8 Å². The van der Waals surface area contributed by atoms with Crippen LogP contribution >= 0.6 is 11.8 Å². The van der Waals surface area contributed by atoms with Crippen LogP contribution in [0.3, 0.4) is 0 Å². The smallest absolute Gasteiger partial charge is 0.151 e. The maximum atomic E-state index is 7.07. The lowest BCUT2D eigenvalue weighted by Gasteiger charge is -2.04. The average molecular weight is 210 g/mol. The summed E-state index contributed by atoms with van der Waals surface area (Å²) in [5.41, 5.74) is 6.39. The first-order chi connectivity index (χ1) is 6.72. The summed E-state index contributed by atoms with van der Waals surface area (Å²) in [7, 11) is 0. The highest BCUT2D eigenvalue weighted by molar-refractivity contribution is 8.13. The molecule has 14 heavy (non-hydrogen) atoms. The summed E-state index contributed by atoms with van der Waals surface area (Å²) in [6, 6.07) is 7.83. The first-order valence-electron chi connectivity index (χ1n) is 4.41. The third kappa shape index (κ3) is 3.70. The average Bonchev–Trinajstić information content (AvgIpc) is 2.17. The van der Waals surface area contributed by atoms with Crippen LogP contribution in [0.25, 0.3) is 0 Å². The van der Waals surface area contributed by atoms with Gasteiger partial charge in [0.05, 0.1) is 6.61 Å². The van der Waals surface area contributed by atoms with Crippen molar-refractivity contribution >= 4 is 16.9 Å². The van der Waals surface area contributed by atoms with Gasteiger partial charge in [0.1, 0.15) is 5.75 Å². The Hall–Kier alpha value is -1.16. The molecule has 1 aromatic carbocycles. The molecule has 1 rings (SSSR count). The van der Waals surface area contributed by atoms with E-state index in [4.69, 9.17) is 15.9 Å². The highest BCUT2D eigenvalue weighted by Gasteiger charge is 1.96. The molecule has 0 amide bonds. The minimum Gasteiger partial charge on any atom is -0.494 e. The molecule has 0 radical (unpaired) electrons. The van der Waals surface area contributed by atoms with Crippen molar-refractivity contribution in [3.8, 4) is 5.75 Å². The molecule has 0 aromatic heterocycles. The lowest BCUT2D eigenvalue weighted by atomic mass is 10.2. The summed E-state index contributed by atoms with van der Waals surface area (Å²) in [6.45, 7) is 2.64. The van der Waals surface area contributed by atoms with E-state index in [-0.39, 0.29) is 5.17 Å². The molecule has 0 aliphatic carbocycles. The van der Waals surface area contributed by atoms with Crippen molar-refractivity contribution in [2.75, 3.05) is 6.61 Å². The Labute approximate surface area is 88.2 Å². The summed E-state index contributed by atoms with van der Waals surface area (Å²) >= 11 is 1.32. The predicted octanol–water partition coefficient (Wildman–Crippen LogP) is 2.21. The van der Waals surface area contributed by atoms with Crippen LogP contribution in [0.15, 0.2) is 24.3 Å². The summed E-state index contributed by atoms with van der Waals surface area (Å²) in [5.74, 6) is 1.62. The zero-order chi connectivity index (χ0) is 10.4. The molecule has 0 saturated heterocycles. The standard InChI is InChI=1S/C10H14N2OS/c1-2-13-9-5-3-8(4-6-9)7-14-10(11)12/h3-6H,2,7H2,1H3,(H3,11,12). The Kier molecular flexibility index (Phi) is 4.32. The molecule has 3 N–H and O–H groups in total. The van der Waals surface area contributed by atoms with E-state index in [1.807, 2.05) is 31.2 Å². The Morgan fingerprint density at radius 2 is 2.07 bits per heavy atom. The third-order valence-corrected chi connectivity index (χ3v) is 2.42. The van der Waals surface area contributed by atoms with Crippen LogP contribution in [0.1, 0.15) is 12.5 Å². The number of nitrogens with two attached hydrogens (primary N) is 1. The van der Waals surface area contributed by atoms with E-state index in [2.05, 4.69) is 0 Å². The van der Waals surface area contributed by atoms with Gasteiger partial charge < -0.3 is 10.5 Å². The Morgan fingerprint density at radius 1 is 1.43 bits per heavy atom. The molecule has 0 unspecified atom stereocenters. The lowest BCUT2D eigenvalue weighted by Crippen LogP contribution is -2.03. The molecule has 0 heterocycles. The minimum atomic E-state index is 0.152. The van der Waals surface area contributed by atoms with E-state index in [0.717, 1.165) is 17.1 Å². The molecular weight excluding hydrogens is 196 g/mol. The monoisotopic (exact) mass is 210 g/mol. The van der Waals surface area contributed by atoms with E-state index in [0.29, 0.717) is 6.61 Å². The van der Waals surface area contributed by atoms with Gasteiger partial charge in [0.15, 0.2) is 5.17 Å². The molecule has 4 heteroatoms. The highest BCUT2D eigenvalue weighted by atomic mass is 32.2. The van der Waals surface area contributed by atoms with Crippen LogP contribution < -0.4 is 10.5 Å². The van der Waals surface area contributed by atoms with E-state index in [9.17, 15) is 0 Å². The second kappa shape index (κ2) is 5.54. The molecule has 76 valence electrons. The fraction of sp³-hybridized carbons (Fsp3) is 0.300. The molecule has 0 aliphatic heterocycles. The topological polar surface area (TPSA) is 59.1 Å². The Bertz CT molecular complexity index is 297. The van der Waals surface area contributed by atoms with Gasteiger partial charge in [0.25, 0.3) is 0 Å². The fourth-order valence-electron chi connectivity index (χ4n) is 1.01. The SMILES string of the molecule is CCOc1ccc(CSC(=N)N)cc1. The van der Waals surface area contributed by atoms with Gasteiger partial charge in [0.2, 0.25) is 0 Å². The number of hydrogen-bond acceptors (Lipinski definition) is 3. The molecule has 3 nitrogen and oxygen atoms in total. The number of amidine groups is 1. The van der Waals surface area contributed by atoms with Crippen molar-refractivity contribution in [2.24, 2.45) is 5.73 Å². The van der Waals surface area contributed by atoms with E-state index >= 15 is 0 Å². The van der Waals surface area contributed by atoms with E-state index < -0.39 is 0 Å². The van der Waals surface area contributed by atoms with Crippen molar-refractivity contribution in [2.45, 2.75) is 12.7 Å². The van der Waals surface area contributed by atoms with Crippen LogP contribution in [0.5, 0.6) is 5.75 Å². The zero-order valence-corrected chi connectivity index (χ0v) is 8.93. The van der Waals surface area contributed by atoms with Crippen LogP contribution in [-0.2, 0) is 5.75 Å². The molecule has 0 aliphatic rings. The quantitative estimate of drug-likeness (QED) is 0.591. The number of thioether (sulfide) groups is 1. The van der Waals surface area contributed by atoms with E-state index in [1.54, 1.807) is 0 Å². The van der Waals surface area contributed by atoms with Crippen molar-refractivity contribution in [1.82, 2.24) is 0 Å². The second-order valence-electron chi connectivity index (χ2n) is 2.73. The number of nitrogens with one attached hydrogen (secondary N) is 1. The van der Waals surface area contributed by atoms with Gasteiger partial charge in [-0.15, -0.1) is 0 Å². The predicted molar refractivity (Wildman–Crippen MR) is 60.8 cm³/mol. The summed E-state index contributed by atoms with van der Waals surface area (Å²) in [5, 5.41) is 7.22. The van der Waals surface area contributed by atoms with Gasteiger partial charge in [-0.1, -0.05) is 23.9 Å². The fourth-order valence-corrected chi connectivity index (χ4v) is 1.52. The van der Waals surface area contributed by atoms with Crippen molar-refractivity contribution in [3.63, 3.8) is 0 Å². The second-order valence-corrected chi connectivity index (χ2v) is 3.75. The summed E-state index contributed by atoms with van der Waals surface area (Å²) < 4.78 is 5.31. The molecule has 0 spiro atoms. The van der Waals surface area contributed by atoms with Crippen molar-refractivity contribution < 1.29 is 4.74 Å². The number of benzene rings is 1. The van der Waals surface area contributed by atoms with Crippen molar-refractivity contribution in [3.05, 3.63) is 29.8 Å². The Morgan fingerprint density at radius 3 is 2.57 bits per heavy atom. The summed E-state index contributed by atoms with van der Waals surface area (Å²) in [6.07, 6.45) is 0. The lowest BCUT2D eigenvalue weighted by molar-refractivity contribution is 0.340. The molecule has 1 aromatic rings. The maximum absolute atomic E-state index is 7.07. The zero-order valence-electron chi connectivity index (χ0n) is 8.12. The van der Waals surface area contributed by atoms with Crippen LogP contribution in [0.2, 0.25) is 0 Å². The third-order valence-electron chi connectivity index (χ3n) is 1.63. The van der Waals surface area contributed by atoms with Gasteiger partial charge in [-0.05, 0) is 24.6 Å². The van der Waals surface area contributed by atoms with Crippen molar-refractivity contribution in [1.29, 1.82) is 5.41 Å². The van der Waals surface area contributed by atoms with Crippen LogP contribution in [0.4, 0.5) is 0 Å². The van der Waals surface area contributed by atoms with Gasteiger partial charge >= 0.3 is 0 Å². The van der Waals surface area contributed by atoms with Gasteiger partial charge in [-0.2, -0.15) is 0 Å².